The van der Waals surface area contributed by atoms with Gasteiger partial charge in [-0.25, -0.2) is 0 Å². The number of alkyl halides is 3. The van der Waals surface area contributed by atoms with Gasteiger partial charge in [0.1, 0.15) is 5.56 Å². The molecule has 10 heteroatoms. The summed E-state index contributed by atoms with van der Waals surface area (Å²) in [5.41, 5.74) is -2.38. The molecule has 2 rings (SSSR count). The van der Waals surface area contributed by atoms with Gasteiger partial charge in [0.15, 0.2) is 0 Å². The molecule has 0 saturated carbocycles. The summed E-state index contributed by atoms with van der Waals surface area (Å²) in [5.74, 6) is -0.0737. The van der Waals surface area contributed by atoms with Crippen molar-refractivity contribution in [2.24, 2.45) is 0 Å². The SMILES string of the molecule is O=[N+]([O-])c1ccc(-c2nn[nH]n2)cc1C(F)(F)F. The van der Waals surface area contributed by atoms with Gasteiger partial charge in [-0.3, -0.25) is 10.1 Å². The van der Waals surface area contributed by atoms with Crippen LogP contribution in [0.15, 0.2) is 18.2 Å². The fraction of sp³-hybridized carbons (Fsp3) is 0.125. The van der Waals surface area contributed by atoms with Crippen LogP contribution in [0.2, 0.25) is 0 Å². The standard InChI is InChI=1S/C8H4F3N5O2/c9-8(10,11)5-3-4(7-12-14-15-13-7)1-2-6(5)16(17)18/h1-3H,(H,12,13,14,15). The monoisotopic (exact) mass is 259 g/mol. The number of benzene rings is 1. The zero-order valence-corrected chi connectivity index (χ0v) is 8.47. The van der Waals surface area contributed by atoms with Gasteiger partial charge < -0.3 is 0 Å². The molecule has 0 amide bonds. The van der Waals surface area contributed by atoms with E-state index in [-0.39, 0.29) is 11.4 Å². The zero-order valence-electron chi connectivity index (χ0n) is 8.47. The molecule has 0 aliphatic rings. The smallest absolute Gasteiger partial charge is 0.258 e. The number of nitrogens with zero attached hydrogens (tertiary/aromatic N) is 4. The third-order valence-electron chi connectivity index (χ3n) is 2.10. The summed E-state index contributed by atoms with van der Waals surface area (Å²) in [6, 6.07) is 2.50. The second-order valence-electron chi connectivity index (χ2n) is 3.22. The van der Waals surface area contributed by atoms with Gasteiger partial charge in [-0.15, -0.1) is 10.2 Å². The second-order valence-corrected chi connectivity index (χ2v) is 3.22. The third-order valence-corrected chi connectivity index (χ3v) is 2.10. The molecule has 1 aromatic heterocycles. The van der Waals surface area contributed by atoms with Crippen molar-refractivity contribution in [1.29, 1.82) is 0 Å². The van der Waals surface area contributed by atoms with E-state index in [4.69, 9.17) is 0 Å². The second kappa shape index (κ2) is 4.05. The quantitative estimate of drug-likeness (QED) is 0.654. The molecule has 0 saturated heterocycles. The molecule has 0 unspecified atom stereocenters. The fourth-order valence-electron chi connectivity index (χ4n) is 1.35. The van der Waals surface area contributed by atoms with Crippen LogP contribution in [0.25, 0.3) is 11.4 Å². The van der Waals surface area contributed by atoms with E-state index in [1.165, 1.54) is 0 Å². The third kappa shape index (κ3) is 2.12. The van der Waals surface area contributed by atoms with Crippen LogP contribution in [0, 0.1) is 10.1 Å². The van der Waals surface area contributed by atoms with E-state index in [9.17, 15) is 23.3 Å². The summed E-state index contributed by atoms with van der Waals surface area (Å²) in [6.07, 6.45) is -4.83. The maximum Gasteiger partial charge on any atom is 0.423 e. The van der Waals surface area contributed by atoms with Crippen LogP contribution in [0.1, 0.15) is 5.56 Å². The first-order chi connectivity index (χ1) is 8.39. The number of nitro benzene ring substituents is 1. The Morgan fingerprint density at radius 3 is 2.56 bits per heavy atom. The molecule has 0 bridgehead atoms. The molecule has 7 nitrogen and oxygen atoms in total. The van der Waals surface area contributed by atoms with Crippen molar-refractivity contribution in [1.82, 2.24) is 20.6 Å². The average Bonchev–Trinajstić information content (AvgIpc) is 2.80. The minimum atomic E-state index is -4.83. The summed E-state index contributed by atoms with van der Waals surface area (Å²) in [4.78, 5) is 9.43. The van der Waals surface area contributed by atoms with Crippen molar-refractivity contribution < 1.29 is 18.1 Å². The van der Waals surface area contributed by atoms with Crippen molar-refractivity contribution in [3.8, 4) is 11.4 Å². The van der Waals surface area contributed by atoms with Crippen LogP contribution in [0.3, 0.4) is 0 Å². The summed E-state index contributed by atoms with van der Waals surface area (Å²) >= 11 is 0. The molecule has 0 fully saturated rings. The minimum absolute atomic E-state index is 0.0123. The number of aromatic amines is 1. The molecule has 0 aliphatic heterocycles. The van der Waals surface area contributed by atoms with Crippen molar-refractivity contribution in [2.45, 2.75) is 6.18 Å². The summed E-state index contributed by atoms with van der Waals surface area (Å²) < 4.78 is 38.0. The lowest BCUT2D eigenvalue weighted by Crippen LogP contribution is -2.09. The Labute approximate surface area is 96.8 Å². The van der Waals surface area contributed by atoms with E-state index in [1.54, 1.807) is 0 Å². The van der Waals surface area contributed by atoms with Crippen molar-refractivity contribution in [3.05, 3.63) is 33.9 Å². The Bertz CT molecular complexity index is 581. The molecular formula is C8H4F3N5O2. The molecule has 1 aromatic carbocycles. The van der Waals surface area contributed by atoms with Crippen molar-refractivity contribution >= 4 is 5.69 Å². The number of aromatic nitrogens is 4. The van der Waals surface area contributed by atoms with Crippen LogP contribution in [-0.4, -0.2) is 25.5 Å². The molecular weight excluding hydrogens is 255 g/mol. The van der Waals surface area contributed by atoms with E-state index in [2.05, 4.69) is 20.6 Å². The highest BCUT2D eigenvalue weighted by molar-refractivity contribution is 5.60. The van der Waals surface area contributed by atoms with E-state index in [1.807, 2.05) is 0 Å². The number of H-pyrrole nitrogens is 1. The van der Waals surface area contributed by atoms with Gasteiger partial charge in [0.2, 0.25) is 5.82 Å². The minimum Gasteiger partial charge on any atom is -0.258 e. The van der Waals surface area contributed by atoms with Crippen LogP contribution >= 0.6 is 0 Å². The molecule has 2 aromatic rings. The number of nitro groups is 1. The Morgan fingerprint density at radius 2 is 2.06 bits per heavy atom. The maximum absolute atomic E-state index is 12.7. The number of rotatable bonds is 2. The van der Waals surface area contributed by atoms with Crippen LogP contribution in [-0.2, 0) is 6.18 Å². The average molecular weight is 259 g/mol. The van der Waals surface area contributed by atoms with E-state index in [0.29, 0.717) is 6.07 Å². The highest BCUT2D eigenvalue weighted by Crippen LogP contribution is 2.37. The van der Waals surface area contributed by atoms with Gasteiger partial charge in [0.05, 0.1) is 4.92 Å². The van der Waals surface area contributed by atoms with E-state index < -0.39 is 22.4 Å². The number of nitrogens with one attached hydrogen (secondary N) is 1. The molecule has 0 atom stereocenters. The van der Waals surface area contributed by atoms with Crippen LogP contribution in [0.4, 0.5) is 18.9 Å². The van der Waals surface area contributed by atoms with Gasteiger partial charge in [0.25, 0.3) is 5.69 Å². The predicted molar refractivity (Wildman–Crippen MR) is 51.3 cm³/mol. The summed E-state index contributed by atoms with van der Waals surface area (Å²) in [6.45, 7) is 0. The molecule has 1 heterocycles. The zero-order chi connectivity index (χ0) is 13.3. The first-order valence-corrected chi connectivity index (χ1v) is 4.49. The lowest BCUT2D eigenvalue weighted by Gasteiger charge is -2.07. The molecule has 0 radical (unpaired) electrons. The van der Waals surface area contributed by atoms with E-state index >= 15 is 0 Å². The Morgan fingerprint density at radius 1 is 1.33 bits per heavy atom. The van der Waals surface area contributed by atoms with Crippen LogP contribution in [0.5, 0.6) is 0 Å². The normalized spacial score (nSPS) is 11.5. The van der Waals surface area contributed by atoms with Gasteiger partial charge in [-0.2, -0.15) is 18.4 Å². The number of halogens is 3. The molecule has 1 N–H and O–H groups in total. The first kappa shape index (κ1) is 12.0. The Kier molecular flexibility index (Phi) is 2.69. The lowest BCUT2D eigenvalue weighted by atomic mass is 10.1. The largest absolute Gasteiger partial charge is 0.423 e. The Hall–Kier alpha value is -2.52. The van der Waals surface area contributed by atoms with Gasteiger partial charge in [-0.1, -0.05) is 0 Å². The summed E-state index contributed by atoms with van der Waals surface area (Å²) in [7, 11) is 0. The fourth-order valence-corrected chi connectivity index (χ4v) is 1.35. The molecule has 0 aliphatic carbocycles. The van der Waals surface area contributed by atoms with Crippen LogP contribution < -0.4 is 0 Å². The molecule has 94 valence electrons. The molecule has 18 heavy (non-hydrogen) atoms. The van der Waals surface area contributed by atoms with Gasteiger partial charge >= 0.3 is 6.18 Å². The predicted octanol–water partition coefficient (Wildman–Crippen LogP) is 1.79. The van der Waals surface area contributed by atoms with Crippen molar-refractivity contribution in [2.75, 3.05) is 0 Å². The number of hydrogen-bond acceptors (Lipinski definition) is 5. The number of tetrazole rings is 1. The lowest BCUT2D eigenvalue weighted by molar-refractivity contribution is -0.388. The van der Waals surface area contributed by atoms with Gasteiger partial charge in [-0.05, 0) is 17.3 Å². The maximum atomic E-state index is 12.7. The van der Waals surface area contributed by atoms with E-state index in [0.717, 1.165) is 12.1 Å². The first-order valence-electron chi connectivity index (χ1n) is 4.49. The topological polar surface area (TPSA) is 97.6 Å². The van der Waals surface area contributed by atoms with Crippen molar-refractivity contribution in [3.63, 3.8) is 0 Å². The highest BCUT2D eigenvalue weighted by Gasteiger charge is 2.38. The highest BCUT2D eigenvalue weighted by atomic mass is 19.4. The number of hydrogen-bond donors (Lipinski definition) is 1. The summed E-state index contributed by atoms with van der Waals surface area (Å²) in [5, 5.41) is 22.8. The molecule has 0 spiro atoms. The Balaban J connectivity index is 2.60. The van der Waals surface area contributed by atoms with Gasteiger partial charge in [0, 0.05) is 11.6 Å².